The van der Waals surface area contributed by atoms with Gasteiger partial charge in [-0.25, -0.2) is 9.18 Å². The van der Waals surface area contributed by atoms with Gasteiger partial charge in [0.25, 0.3) is 0 Å². The largest absolute Gasteiger partial charge is 0.331 e. The summed E-state index contributed by atoms with van der Waals surface area (Å²) in [6.07, 6.45) is 0. The predicted octanol–water partition coefficient (Wildman–Crippen LogP) is 2.17. The van der Waals surface area contributed by atoms with Crippen LogP contribution in [-0.2, 0) is 4.79 Å². The zero-order chi connectivity index (χ0) is 12.8. The molecule has 1 aromatic rings. The fourth-order valence-electron chi connectivity index (χ4n) is 1.11. The first kappa shape index (κ1) is 13.2. The number of carbonyl (C=O) groups is 2. The molecule has 2 N–H and O–H groups in total. The summed E-state index contributed by atoms with van der Waals surface area (Å²) in [6, 6.07) is 5.01. The average molecular weight is 238 g/mol. The normalized spacial score (nSPS) is 10.1. The van der Waals surface area contributed by atoms with Crippen LogP contribution in [-0.4, -0.2) is 18.4 Å². The van der Waals surface area contributed by atoms with E-state index < -0.39 is 11.8 Å². The van der Waals surface area contributed by atoms with E-state index in [4.69, 9.17) is 0 Å². The maximum atomic E-state index is 12.8. The molecular formula is C12H15FN2O2. The molecule has 0 atom stereocenters. The van der Waals surface area contributed by atoms with Gasteiger partial charge in [-0.3, -0.25) is 4.79 Å². The minimum Gasteiger partial charge on any atom is -0.331 e. The van der Waals surface area contributed by atoms with Crippen molar-refractivity contribution in [2.45, 2.75) is 13.8 Å². The highest BCUT2D eigenvalue weighted by atomic mass is 19.1. The molecule has 1 aromatic carbocycles. The van der Waals surface area contributed by atoms with Crippen LogP contribution < -0.4 is 10.6 Å². The number of rotatable bonds is 4. The summed E-state index contributed by atoms with van der Waals surface area (Å²) in [5.41, 5.74) is 0.347. The molecule has 0 aliphatic carbocycles. The molecule has 17 heavy (non-hydrogen) atoms. The van der Waals surface area contributed by atoms with Crippen molar-refractivity contribution in [1.82, 2.24) is 5.32 Å². The molecule has 0 unspecified atom stereocenters. The van der Waals surface area contributed by atoms with E-state index in [9.17, 15) is 14.0 Å². The molecule has 0 saturated carbocycles. The molecule has 0 aromatic heterocycles. The van der Waals surface area contributed by atoms with E-state index in [-0.39, 0.29) is 18.2 Å². The smallest absolute Gasteiger partial charge is 0.319 e. The van der Waals surface area contributed by atoms with Gasteiger partial charge in [0.05, 0.1) is 6.54 Å². The maximum Gasteiger partial charge on any atom is 0.319 e. The van der Waals surface area contributed by atoms with Crippen LogP contribution >= 0.6 is 0 Å². The van der Waals surface area contributed by atoms with Gasteiger partial charge in [0, 0.05) is 11.6 Å². The van der Waals surface area contributed by atoms with Crippen molar-refractivity contribution in [3.63, 3.8) is 0 Å². The number of ketones is 1. The Morgan fingerprint density at radius 1 is 1.35 bits per heavy atom. The molecule has 0 radical (unpaired) electrons. The quantitative estimate of drug-likeness (QED) is 0.844. The lowest BCUT2D eigenvalue weighted by molar-refractivity contribution is -0.120. The molecule has 0 fully saturated rings. The number of amides is 2. The Bertz CT molecular complexity index is 419. The van der Waals surface area contributed by atoms with Gasteiger partial charge < -0.3 is 10.6 Å². The second-order valence-electron chi connectivity index (χ2n) is 3.94. The van der Waals surface area contributed by atoms with E-state index in [1.165, 1.54) is 18.2 Å². The standard InChI is InChI=1S/C12H15FN2O2/c1-8(2)11(16)7-14-12(17)15-10-5-3-4-9(13)6-10/h3-6,8H,7H2,1-2H3,(H2,14,15,17). The van der Waals surface area contributed by atoms with Crippen molar-refractivity contribution in [2.24, 2.45) is 5.92 Å². The molecule has 0 bridgehead atoms. The van der Waals surface area contributed by atoms with Crippen LogP contribution in [0.1, 0.15) is 13.8 Å². The van der Waals surface area contributed by atoms with Gasteiger partial charge in [-0.1, -0.05) is 19.9 Å². The summed E-state index contributed by atoms with van der Waals surface area (Å²) in [5.74, 6) is -0.607. The molecule has 5 heteroatoms. The summed E-state index contributed by atoms with van der Waals surface area (Å²) in [7, 11) is 0. The second kappa shape index (κ2) is 5.98. The van der Waals surface area contributed by atoms with E-state index in [0.29, 0.717) is 5.69 Å². The minimum absolute atomic E-state index is 0.0290. The van der Waals surface area contributed by atoms with E-state index in [2.05, 4.69) is 10.6 Å². The van der Waals surface area contributed by atoms with Gasteiger partial charge in [0.2, 0.25) is 0 Å². The highest BCUT2D eigenvalue weighted by Gasteiger charge is 2.09. The van der Waals surface area contributed by atoms with Gasteiger partial charge in [0.1, 0.15) is 5.82 Å². The molecule has 92 valence electrons. The first-order valence-electron chi connectivity index (χ1n) is 5.32. The van der Waals surface area contributed by atoms with Gasteiger partial charge in [-0.05, 0) is 18.2 Å². The SMILES string of the molecule is CC(C)C(=O)CNC(=O)Nc1cccc(F)c1. The number of Topliss-reactive ketones (excluding diaryl/α,β-unsaturated/α-hetero) is 1. The van der Waals surface area contributed by atoms with Crippen LogP contribution in [0, 0.1) is 11.7 Å². The Morgan fingerprint density at radius 2 is 2.06 bits per heavy atom. The zero-order valence-electron chi connectivity index (χ0n) is 9.79. The highest BCUT2D eigenvalue weighted by molar-refractivity contribution is 5.93. The van der Waals surface area contributed by atoms with Crippen molar-refractivity contribution in [1.29, 1.82) is 0 Å². The van der Waals surface area contributed by atoms with Gasteiger partial charge >= 0.3 is 6.03 Å². The number of benzene rings is 1. The Morgan fingerprint density at radius 3 is 2.65 bits per heavy atom. The van der Waals surface area contributed by atoms with E-state index in [0.717, 1.165) is 0 Å². The van der Waals surface area contributed by atoms with E-state index in [1.807, 2.05) is 0 Å². The van der Waals surface area contributed by atoms with Crippen LogP contribution in [0.15, 0.2) is 24.3 Å². The molecule has 1 rings (SSSR count). The number of urea groups is 1. The van der Waals surface area contributed by atoms with Crippen LogP contribution in [0.4, 0.5) is 14.9 Å². The Balaban J connectivity index is 2.43. The third-order valence-electron chi connectivity index (χ3n) is 2.15. The molecule has 0 heterocycles. The number of nitrogens with one attached hydrogen (secondary N) is 2. The molecule has 4 nitrogen and oxygen atoms in total. The summed E-state index contributed by atoms with van der Waals surface area (Å²) in [4.78, 5) is 22.6. The summed E-state index contributed by atoms with van der Waals surface area (Å²) < 4.78 is 12.8. The number of carbonyl (C=O) groups excluding carboxylic acids is 2. The predicted molar refractivity (Wildman–Crippen MR) is 63.3 cm³/mol. The van der Waals surface area contributed by atoms with Gasteiger partial charge in [0.15, 0.2) is 5.78 Å². The highest BCUT2D eigenvalue weighted by Crippen LogP contribution is 2.08. The monoisotopic (exact) mass is 238 g/mol. The third kappa shape index (κ3) is 4.63. The minimum atomic E-state index is -0.524. The third-order valence-corrected chi connectivity index (χ3v) is 2.15. The Kier molecular flexibility index (Phi) is 4.63. The topological polar surface area (TPSA) is 58.2 Å². The lowest BCUT2D eigenvalue weighted by Crippen LogP contribution is -2.34. The van der Waals surface area contributed by atoms with E-state index >= 15 is 0 Å². The lowest BCUT2D eigenvalue weighted by atomic mass is 10.1. The molecule has 2 amide bonds. The van der Waals surface area contributed by atoms with Crippen LogP contribution in [0.5, 0.6) is 0 Å². The van der Waals surface area contributed by atoms with Crippen molar-refractivity contribution < 1.29 is 14.0 Å². The van der Waals surface area contributed by atoms with Crippen LogP contribution in [0.3, 0.4) is 0 Å². The molecular weight excluding hydrogens is 223 g/mol. The fourth-order valence-corrected chi connectivity index (χ4v) is 1.11. The van der Waals surface area contributed by atoms with Crippen LogP contribution in [0.2, 0.25) is 0 Å². The van der Waals surface area contributed by atoms with Gasteiger partial charge in [-0.2, -0.15) is 0 Å². The second-order valence-corrected chi connectivity index (χ2v) is 3.94. The zero-order valence-corrected chi connectivity index (χ0v) is 9.79. The van der Waals surface area contributed by atoms with Gasteiger partial charge in [-0.15, -0.1) is 0 Å². The van der Waals surface area contributed by atoms with Crippen LogP contribution in [0.25, 0.3) is 0 Å². The Labute approximate surface area is 99.2 Å². The summed E-state index contributed by atoms with van der Waals surface area (Å²) >= 11 is 0. The molecule has 0 aliphatic heterocycles. The lowest BCUT2D eigenvalue weighted by Gasteiger charge is -2.08. The molecule has 0 spiro atoms. The fraction of sp³-hybridized carbons (Fsp3) is 0.333. The molecule has 0 aliphatic rings. The first-order valence-corrected chi connectivity index (χ1v) is 5.32. The summed E-state index contributed by atoms with van der Waals surface area (Å²) in [6.45, 7) is 3.49. The van der Waals surface area contributed by atoms with Crippen molar-refractivity contribution in [3.05, 3.63) is 30.1 Å². The van der Waals surface area contributed by atoms with Crippen molar-refractivity contribution >= 4 is 17.5 Å². The number of hydrogen-bond donors (Lipinski definition) is 2. The first-order chi connectivity index (χ1) is 7.99. The number of halogens is 1. The van der Waals surface area contributed by atoms with Crippen molar-refractivity contribution in [2.75, 3.05) is 11.9 Å². The van der Waals surface area contributed by atoms with E-state index in [1.54, 1.807) is 19.9 Å². The van der Waals surface area contributed by atoms with Crippen molar-refractivity contribution in [3.8, 4) is 0 Å². The number of hydrogen-bond acceptors (Lipinski definition) is 2. The number of anilines is 1. The maximum absolute atomic E-state index is 12.8. The Hall–Kier alpha value is -1.91. The summed E-state index contributed by atoms with van der Waals surface area (Å²) in [5, 5.41) is 4.84. The average Bonchev–Trinajstić information content (AvgIpc) is 2.25. The molecule has 0 saturated heterocycles.